The van der Waals surface area contributed by atoms with Crippen LogP contribution in [0.1, 0.15) is 19.8 Å². The summed E-state index contributed by atoms with van der Waals surface area (Å²) in [5.41, 5.74) is 0.549. The molecule has 2 N–H and O–H groups in total. The van der Waals surface area contributed by atoms with Crippen LogP contribution in [0, 0.1) is 0 Å². The van der Waals surface area contributed by atoms with E-state index in [-0.39, 0.29) is 18.7 Å². The summed E-state index contributed by atoms with van der Waals surface area (Å²) in [7, 11) is 0. The lowest BCUT2D eigenvalue weighted by Gasteiger charge is -2.24. The first kappa shape index (κ1) is 14.9. The van der Waals surface area contributed by atoms with E-state index in [0.717, 1.165) is 12.8 Å². The van der Waals surface area contributed by atoms with E-state index < -0.39 is 0 Å². The lowest BCUT2D eigenvalue weighted by molar-refractivity contribution is 0.166. The number of para-hydroxylation sites is 1. The Labute approximate surface area is 123 Å². The molecule has 1 fully saturated rings. The van der Waals surface area contributed by atoms with Crippen molar-refractivity contribution in [2.45, 2.75) is 25.8 Å². The molecule has 1 heterocycles. The fourth-order valence-electron chi connectivity index (χ4n) is 2.38. The first-order chi connectivity index (χ1) is 9.67. The van der Waals surface area contributed by atoms with Gasteiger partial charge in [-0.05, 0) is 31.9 Å². The van der Waals surface area contributed by atoms with Crippen molar-refractivity contribution in [3.05, 3.63) is 23.2 Å². The lowest BCUT2D eigenvalue weighted by Crippen LogP contribution is -2.40. The van der Waals surface area contributed by atoms with Gasteiger partial charge in [0.25, 0.3) is 0 Å². The summed E-state index contributed by atoms with van der Waals surface area (Å²) in [5, 5.41) is 12.5. The molecule has 20 heavy (non-hydrogen) atoms. The predicted octanol–water partition coefficient (Wildman–Crippen LogP) is 2.73. The Kier molecular flexibility index (Phi) is 5.09. The van der Waals surface area contributed by atoms with Gasteiger partial charge in [-0.25, -0.2) is 4.79 Å². The average molecular weight is 299 g/mol. The van der Waals surface area contributed by atoms with Gasteiger partial charge < -0.3 is 20.1 Å². The Morgan fingerprint density at radius 1 is 1.60 bits per heavy atom. The Balaban J connectivity index is 2.13. The molecule has 5 nitrogen and oxygen atoms in total. The molecule has 1 saturated heterocycles. The van der Waals surface area contributed by atoms with Gasteiger partial charge >= 0.3 is 6.03 Å². The van der Waals surface area contributed by atoms with Crippen LogP contribution in [0.4, 0.5) is 10.5 Å². The van der Waals surface area contributed by atoms with Crippen molar-refractivity contribution in [3.63, 3.8) is 0 Å². The Morgan fingerprint density at radius 2 is 2.40 bits per heavy atom. The Hall–Kier alpha value is -1.46. The number of carbonyl (C=O) groups excluding carboxylic acids is 1. The number of carbonyl (C=O) groups is 1. The molecule has 1 aromatic rings. The molecule has 1 aliphatic rings. The van der Waals surface area contributed by atoms with Crippen molar-refractivity contribution in [2.75, 3.05) is 25.1 Å². The maximum absolute atomic E-state index is 12.3. The standard InChI is InChI=1S/C14H19ClN2O3/c1-2-20-13-11(15)6-3-7-12(13)16-14(19)17-8-4-5-10(17)9-18/h3,6-7,10,18H,2,4-5,8-9H2,1H3,(H,16,19)/t10-/m0/s1. The minimum absolute atomic E-state index is 0.0126. The van der Waals surface area contributed by atoms with Crippen LogP contribution in [-0.4, -0.2) is 41.8 Å². The van der Waals surface area contributed by atoms with Crippen LogP contribution in [0.2, 0.25) is 5.02 Å². The van der Waals surface area contributed by atoms with E-state index in [1.54, 1.807) is 23.1 Å². The van der Waals surface area contributed by atoms with Crippen molar-refractivity contribution >= 4 is 23.3 Å². The number of ether oxygens (including phenoxy) is 1. The van der Waals surface area contributed by atoms with Crippen molar-refractivity contribution in [2.24, 2.45) is 0 Å². The summed E-state index contributed by atoms with van der Waals surface area (Å²) in [6.45, 7) is 2.97. The van der Waals surface area contributed by atoms with Crippen LogP contribution in [0.5, 0.6) is 5.75 Å². The van der Waals surface area contributed by atoms with E-state index in [9.17, 15) is 9.90 Å². The molecule has 0 saturated carbocycles. The number of amides is 2. The molecule has 0 bridgehead atoms. The first-order valence-corrected chi connectivity index (χ1v) is 7.15. The molecule has 2 amide bonds. The van der Waals surface area contributed by atoms with Crippen LogP contribution < -0.4 is 10.1 Å². The van der Waals surface area contributed by atoms with Gasteiger partial charge in [0.1, 0.15) is 0 Å². The number of likely N-dealkylation sites (tertiary alicyclic amines) is 1. The van der Waals surface area contributed by atoms with Crippen LogP contribution in [-0.2, 0) is 0 Å². The number of nitrogens with zero attached hydrogens (tertiary/aromatic N) is 1. The second kappa shape index (κ2) is 6.81. The number of nitrogens with one attached hydrogen (secondary N) is 1. The smallest absolute Gasteiger partial charge is 0.322 e. The van der Waals surface area contributed by atoms with Crippen molar-refractivity contribution in [1.29, 1.82) is 0 Å². The third-order valence-electron chi connectivity index (χ3n) is 3.35. The van der Waals surface area contributed by atoms with Crippen LogP contribution >= 0.6 is 11.6 Å². The molecule has 1 aliphatic heterocycles. The number of benzene rings is 1. The minimum atomic E-state index is -0.232. The number of rotatable bonds is 4. The van der Waals surface area contributed by atoms with E-state index in [1.165, 1.54) is 0 Å². The predicted molar refractivity (Wildman–Crippen MR) is 78.5 cm³/mol. The normalized spacial score (nSPS) is 18.1. The molecule has 0 aliphatic carbocycles. The number of hydrogen-bond acceptors (Lipinski definition) is 3. The average Bonchev–Trinajstić information content (AvgIpc) is 2.91. The number of aliphatic hydroxyl groups excluding tert-OH is 1. The fraction of sp³-hybridized carbons (Fsp3) is 0.500. The van der Waals surface area contributed by atoms with Gasteiger partial charge in [0, 0.05) is 6.54 Å². The van der Waals surface area contributed by atoms with E-state index in [1.807, 2.05) is 6.92 Å². The summed E-state index contributed by atoms with van der Waals surface area (Å²) < 4.78 is 5.47. The number of aliphatic hydroxyl groups is 1. The maximum atomic E-state index is 12.3. The summed E-state index contributed by atoms with van der Waals surface area (Å²) in [6, 6.07) is 4.89. The topological polar surface area (TPSA) is 61.8 Å². The van der Waals surface area contributed by atoms with Gasteiger partial charge in [0.05, 0.1) is 30.0 Å². The zero-order valence-electron chi connectivity index (χ0n) is 11.4. The molecule has 0 aromatic heterocycles. The quantitative estimate of drug-likeness (QED) is 0.898. The van der Waals surface area contributed by atoms with Crippen molar-refractivity contribution in [1.82, 2.24) is 4.90 Å². The molecule has 2 rings (SSSR count). The minimum Gasteiger partial charge on any atom is -0.490 e. The van der Waals surface area contributed by atoms with Gasteiger partial charge in [-0.1, -0.05) is 17.7 Å². The van der Waals surface area contributed by atoms with Crippen LogP contribution in [0.15, 0.2) is 18.2 Å². The highest BCUT2D eigenvalue weighted by Gasteiger charge is 2.28. The van der Waals surface area contributed by atoms with Gasteiger partial charge in [0.2, 0.25) is 0 Å². The third-order valence-corrected chi connectivity index (χ3v) is 3.64. The monoisotopic (exact) mass is 298 g/mol. The van der Waals surface area contributed by atoms with Gasteiger partial charge in [0.15, 0.2) is 5.75 Å². The van der Waals surface area contributed by atoms with E-state index >= 15 is 0 Å². The van der Waals surface area contributed by atoms with E-state index in [2.05, 4.69) is 5.32 Å². The third kappa shape index (κ3) is 3.16. The largest absolute Gasteiger partial charge is 0.490 e. The highest BCUT2D eigenvalue weighted by molar-refractivity contribution is 6.32. The van der Waals surface area contributed by atoms with E-state index in [4.69, 9.17) is 16.3 Å². The Morgan fingerprint density at radius 3 is 3.10 bits per heavy atom. The first-order valence-electron chi connectivity index (χ1n) is 6.77. The number of anilines is 1. The molecule has 1 aromatic carbocycles. The van der Waals surface area contributed by atoms with Crippen molar-refractivity contribution < 1.29 is 14.6 Å². The summed E-state index contributed by atoms with van der Waals surface area (Å²) in [5.74, 6) is 0.477. The van der Waals surface area contributed by atoms with Crippen molar-refractivity contribution in [3.8, 4) is 5.75 Å². The second-order valence-electron chi connectivity index (χ2n) is 4.65. The molecular formula is C14H19ClN2O3. The van der Waals surface area contributed by atoms with Crippen LogP contribution in [0.25, 0.3) is 0 Å². The van der Waals surface area contributed by atoms with Gasteiger partial charge in [-0.15, -0.1) is 0 Å². The molecule has 1 atom stereocenters. The number of urea groups is 1. The molecular weight excluding hydrogens is 280 g/mol. The summed E-state index contributed by atoms with van der Waals surface area (Å²) in [4.78, 5) is 13.9. The summed E-state index contributed by atoms with van der Waals surface area (Å²) in [6.07, 6.45) is 1.74. The second-order valence-corrected chi connectivity index (χ2v) is 5.06. The highest BCUT2D eigenvalue weighted by Crippen LogP contribution is 2.33. The lowest BCUT2D eigenvalue weighted by atomic mass is 10.2. The maximum Gasteiger partial charge on any atom is 0.322 e. The molecule has 0 unspecified atom stereocenters. The number of hydrogen-bond donors (Lipinski definition) is 2. The van der Waals surface area contributed by atoms with Gasteiger partial charge in [-0.2, -0.15) is 0 Å². The zero-order valence-corrected chi connectivity index (χ0v) is 12.2. The highest BCUT2D eigenvalue weighted by atomic mass is 35.5. The molecule has 110 valence electrons. The molecule has 6 heteroatoms. The SMILES string of the molecule is CCOc1c(Cl)cccc1NC(=O)N1CCC[C@H]1CO. The zero-order chi connectivity index (χ0) is 14.5. The van der Waals surface area contributed by atoms with E-state index in [0.29, 0.717) is 29.6 Å². The molecule has 0 radical (unpaired) electrons. The van der Waals surface area contributed by atoms with Crippen LogP contribution in [0.3, 0.4) is 0 Å². The summed E-state index contributed by atoms with van der Waals surface area (Å²) >= 11 is 6.08. The Bertz CT molecular complexity index is 481. The van der Waals surface area contributed by atoms with Gasteiger partial charge in [-0.3, -0.25) is 0 Å². The fourth-order valence-corrected chi connectivity index (χ4v) is 2.61. The molecule has 0 spiro atoms. The number of halogens is 1.